The van der Waals surface area contributed by atoms with Crippen LogP contribution in [-0.2, 0) is 0 Å². The summed E-state index contributed by atoms with van der Waals surface area (Å²) in [5.74, 6) is -0.896. The first kappa shape index (κ1) is 16.0. The number of benzene rings is 2. The molecule has 0 aliphatic heterocycles. The van der Waals surface area contributed by atoms with Crippen LogP contribution in [0.4, 0.5) is 8.78 Å². The van der Waals surface area contributed by atoms with Crippen molar-refractivity contribution in [2.45, 2.75) is 10.1 Å². The van der Waals surface area contributed by atoms with Crippen LogP contribution < -0.4 is 0 Å². The van der Waals surface area contributed by atoms with Gasteiger partial charge in [-0.15, -0.1) is 11.8 Å². The van der Waals surface area contributed by atoms with E-state index in [1.54, 1.807) is 36.7 Å². The highest BCUT2D eigenvalue weighted by Crippen LogP contribution is 2.41. The summed E-state index contributed by atoms with van der Waals surface area (Å²) in [5, 5.41) is 0.252. The van der Waals surface area contributed by atoms with Gasteiger partial charge in [-0.3, -0.25) is 4.98 Å². The fraction of sp³-hybridized carbons (Fsp3) is 0.0556. The molecule has 116 valence electrons. The summed E-state index contributed by atoms with van der Waals surface area (Å²) in [5.41, 5.74) is 1.15. The van der Waals surface area contributed by atoms with Crippen molar-refractivity contribution in [1.29, 1.82) is 0 Å². The van der Waals surface area contributed by atoms with Gasteiger partial charge in [0, 0.05) is 27.9 Å². The second-order valence-electron chi connectivity index (χ2n) is 4.90. The number of hydrogen-bond acceptors (Lipinski definition) is 2. The fourth-order valence-electron chi connectivity index (χ4n) is 2.21. The number of thioether (sulfide) groups is 1. The lowest BCUT2D eigenvalue weighted by Crippen LogP contribution is -2.01. The van der Waals surface area contributed by atoms with E-state index in [1.165, 1.54) is 17.8 Å². The average molecular weight is 348 g/mol. The molecule has 5 heteroatoms. The Labute approximate surface area is 142 Å². The van der Waals surface area contributed by atoms with E-state index in [0.717, 1.165) is 22.6 Å². The van der Waals surface area contributed by atoms with Crippen LogP contribution >= 0.6 is 23.4 Å². The molecule has 0 saturated heterocycles. The van der Waals surface area contributed by atoms with E-state index in [4.69, 9.17) is 11.6 Å². The molecule has 1 nitrogen and oxygen atoms in total. The molecule has 0 N–H and O–H groups in total. The van der Waals surface area contributed by atoms with Crippen molar-refractivity contribution in [3.05, 3.63) is 94.8 Å². The van der Waals surface area contributed by atoms with Crippen molar-refractivity contribution in [3.8, 4) is 0 Å². The van der Waals surface area contributed by atoms with Crippen LogP contribution in [0.15, 0.2) is 71.9 Å². The summed E-state index contributed by atoms with van der Waals surface area (Å²) in [7, 11) is 0. The minimum atomic E-state index is -0.461. The standard InChI is InChI=1S/C18H12ClF2NS/c19-13-1-4-15(5-2-13)23-18(12-7-9-22-10-8-12)16-11-14(20)3-6-17(16)21/h1-11,18H. The minimum Gasteiger partial charge on any atom is -0.265 e. The molecule has 0 aliphatic carbocycles. The molecule has 0 bridgehead atoms. The number of halogens is 3. The second-order valence-corrected chi connectivity index (χ2v) is 6.51. The first-order chi connectivity index (χ1) is 11.1. The Kier molecular flexibility index (Phi) is 4.94. The fourth-order valence-corrected chi connectivity index (χ4v) is 3.51. The highest BCUT2D eigenvalue weighted by Gasteiger charge is 2.20. The topological polar surface area (TPSA) is 12.9 Å². The molecular formula is C18H12ClF2NS. The molecule has 2 aromatic carbocycles. The van der Waals surface area contributed by atoms with Crippen molar-refractivity contribution >= 4 is 23.4 Å². The van der Waals surface area contributed by atoms with Gasteiger partial charge in [0.15, 0.2) is 0 Å². The Morgan fingerprint density at radius 2 is 1.61 bits per heavy atom. The first-order valence-corrected chi connectivity index (χ1v) is 8.16. The Hall–Kier alpha value is -1.91. The number of aromatic nitrogens is 1. The highest BCUT2D eigenvalue weighted by molar-refractivity contribution is 7.99. The van der Waals surface area contributed by atoms with Crippen molar-refractivity contribution in [3.63, 3.8) is 0 Å². The van der Waals surface area contributed by atoms with Gasteiger partial charge in [-0.2, -0.15) is 0 Å². The van der Waals surface area contributed by atoms with E-state index in [-0.39, 0.29) is 5.25 Å². The lowest BCUT2D eigenvalue weighted by Gasteiger charge is -2.18. The maximum absolute atomic E-state index is 14.3. The lowest BCUT2D eigenvalue weighted by atomic mass is 10.0. The Bertz CT molecular complexity index is 794. The predicted molar refractivity (Wildman–Crippen MR) is 89.7 cm³/mol. The van der Waals surface area contributed by atoms with Gasteiger partial charge in [0.2, 0.25) is 0 Å². The summed E-state index contributed by atoms with van der Waals surface area (Å²) in [6.45, 7) is 0. The molecular weight excluding hydrogens is 336 g/mol. The Morgan fingerprint density at radius 1 is 0.913 bits per heavy atom. The van der Waals surface area contributed by atoms with E-state index < -0.39 is 11.6 Å². The van der Waals surface area contributed by atoms with Gasteiger partial charge in [-0.1, -0.05) is 11.6 Å². The van der Waals surface area contributed by atoms with E-state index in [1.807, 2.05) is 12.1 Å². The van der Waals surface area contributed by atoms with Crippen molar-refractivity contribution < 1.29 is 8.78 Å². The van der Waals surface area contributed by atoms with Crippen LogP contribution in [0, 0.1) is 11.6 Å². The number of pyridine rings is 1. The number of hydrogen-bond donors (Lipinski definition) is 0. The van der Waals surface area contributed by atoms with Crippen molar-refractivity contribution in [2.75, 3.05) is 0 Å². The van der Waals surface area contributed by atoms with Gasteiger partial charge >= 0.3 is 0 Å². The molecule has 3 aromatic rings. The minimum absolute atomic E-state index is 0.302. The van der Waals surface area contributed by atoms with Crippen LogP contribution in [0.25, 0.3) is 0 Å². The molecule has 0 aliphatic rings. The molecule has 3 rings (SSSR count). The maximum Gasteiger partial charge on any atom is 0.128 e. The monoisotopic (exact) mass is 347 g/mol. The summed E-state index contributed by atoms with van der Waals surface area (Å²) in [6, 6.07) is 14.4. The molecule has 1 atom stereocenters. The van der Waals surface area contributed by atoms with Crippen molar-refractivity contribution in [2.24, 2.45) is 0 Å². The molecule has 1 unspecified atom stereocenters. The molecule has 1 heterocycles. The van der Waals surface area contributed by atoms with Crippen LogP contribution in [0.3, 0.4) is 0 Å². The highest BCUT2D eigenvalue weighted by atomic mass is 35.5. The molecule has 1 aromatic heterocycles. The summed E-state index contributed by atoms with van der Waals surface area (Å²) >= 11 is 7.33. The summed E-state index contributed by atoms with van der Waals surface area (Å²) in [6.07, 6.45) is 3.28. The average Bonchev–Trinajstić information content (AvgIpc) is 2.57. The zero-order chi connectivity index (χ0) is 16.2. The normalized spacial score (nSPS) is 12.1. The van der Waals surface area contributed by atoms with Crippen LogP contribution in [0.1, 0.15) is 16.4 Å². The van der Waals surface area contributed by atoms with Gasteiger partial charge in [0.25, 0.3) is 0 Å². The third kappa shape index (κ3) is 3.89. The quantitative estimate of drug-likeness (QED) is 0.545. The van der Waals surface area contributed by atoms with Gasteiger partial charge < -0.3 is 0 Å². The van der Waals surface area contributed by atoms with Crippen LogP contribution in [-0.4, -0.2) is 4.98 Å². The summed E-state index contributed by atoms with van der Waals surface area (Å²) in [4.78, 5) is 4.90. The molecule has 0 spiro atoms. The van der Waals surface area contributed by atoms with E-state index >= 15 is 0 Å². The summed E-state index contributed by atoms with van der Waals surface area (Å²) < 4.78 is 27.9. The van der Waals surface area contributed by atoms with Gasteiger partial charge in [0.1, 0.15) is 11.6 Å². The third-order valence-corrected chi connectivity index (χ3v) is 4.88. The number of nitrogens with zero attached hydrogens (tertiary/aromatic N) is 1. The molecule has 0 saturated carbocycles. The molecule has 23 heavy (non-hydrogen) atoms. The largest absolute Gasteiger partial charge is 0.265 e. The Morgan fingerprint density at radius 3 is 2.30 bits per heavy atom. The van der Waals surface area contributed by atoms with Gasteiger partial charge in [-0.25, -0.2) is 8.78 Å². The van der Waals surface area contributed by atoms with E-state index in [0.29, 0.717) is 10.6 Å². The first-order valence-electron chi connectivity index (χ1n) is 6.90. The van der Waals surface area contributed by atoms with E-state index in [9.17, 15) is 8.78 Å². The predicted octanol–water partition coefficient (Wildman–Crippen LogP) is 5.89. The van der Waals surface area contributed by atoms with E-state index in [2.05, 4.69) is 4.98 Å². The zero-order valence-electron chi connectivity index (χ0n) is 11.9. The van der Waals surface area contributed by atoms with Gasteiger partial charge in [0.05, 0.1) is 5.25 Å². The van der Waals surface area contributed by atoms with Crippen LogP contribution in [0.2, 0.25) is 5.02 Å². The molecule has 0 radical (unpaired) electrons. The number of rotatable bonds is 4. The third-order valence-electron chi connectivity index (χ3n) is 3.32. The Balaban J connectivity index is 2.03. The van der Waals surface area contributed by atoms with Crippen LogP contribution in [0.5, 0.6) is 0 Å². The zero-order valence-corrected chi connectivity index (χ0v) is 13.5. The molecule has 0 fully saturated rings. The SMILES string of the molecule is Fc1ccc(F)c(C(Sc2ccc(Cl)cc2)c2ccncc2)c1. The van der Waals surface area contributed by atoms with Crippen molar-refractivity contribution in [1.82, 2.24) is 4.98 Å². The lowest BCUT2D eigenvalue weighted by molar-refractivity contribution is 0.587. The molecule has 0 amide bonds. The van der Waals surface area contributed by atoms with Gasteiger partial charge in [-0.05, 0) is 60.2 Å². The second kappa shape index (κ2) is 7.11. The smallest absolute Gasteiger partial charge is 0.128 e. The maximum atomic E-state index is 14.3.